The molecule has 1 aliphatic carbocycles. The normalized spacial score (nSPS) is 23.8. The van der Waals surface area contributed by atoms with E-state index in [4.69, 9.17) is 37.9 Å². The summed E-state index contributed by atoms with van der Waals surface area (Å²) in [6.45, 7) is 12.4. The van der Waals surface area contributed by atoms with E-state index in [-0.39, 0.29) is 29.3 Å². The fourth-order valence-corrected chi connectivity index (χ4v) is 7.80. The molecule has 5 rings (SSSR count). The monoisotopic (exact) mass is 624 g/mol. The summed E-state index contributed by atoms with van der Waals surface area (Å²) in [5.41, 5.74) is 2.78. The number of Topliss-reactive ketones (excluding diaryl/α,β-unsaturated/α-hetero) is 1. The number of aryl methyl sites for hydroxylation is 1. The quantitative estimate of drug-likeness (QED) is 0.300. The third-order valence-electron chi connectivity index (χ3n) is 9.67. The number of rotatable bonds is 9. The molecule has 3 unspecified atom stereocenters. The molecule has 3 aliphatic rings. The minimum Gasteiger partial charge on any atom is -0.496 e. The minimum absolute atomic E-state index is 0.0729. The van der Waals surface area contributed by atoms with Crippen LogP contribution in [0.25, 0.3) is 0 Å². The van der Waals surface area contributed by atoms with Crippen molar-refractivity contribution in [1.29, 1.82) is 0 Å². The lowest BCUT2D eigenvalue weighted by atomic mass is 9.62. The Morgan fingerprint density at radius 2 is 1.24 bits per heavy atom. The molecule has 1 spiro atoms. The first kappa shape index (κ1) is 32.8. The first-order chi connectivity index (χ1) is 21.4. The van der Waals surface area contributed by atoms with Gasteiger partial charge in [-0.15, -0.1) is 0 Å². The van der Waals surface area contributed by atoms with Crippen LogP contribution in [0.1, 0.15) is 82.1 Å². The Morgan fingerprint density at radius 1 is 0.711 bits per heavy atom. The molecular weight excluding hydrogens is 576 g/mol. The van der Waals surface area contributed by atoms with Crippen LogP contribution in [-0.4, -0.2) is 59.8 Å². The highest BCUT2D eigenvalue weighted by molar-refractivity contribution is 6.03. The Bertz CT molecular complexity index is 1520. The maximum atomic E-state index is 14.9. The zero-order valence-corrected chi connectivity index (χ0v) is 28.8. The lowest BCUT2D eigenvalue weighted by Gasteiger charge is -2.56. The molecule has 0 saturated heterocycles. The number of hydrogen-bond acceptors (Lipinski definition) is 9. The topological polar surface area (TPSA) is 90.9 Å². The smallest absolute Gasteiger partial charge is 0.245 e. The number of ether oxygens (including phenoxy) is 8. The molecule has 2 aromatic carbocycles. The average molecular weight is 625 g/mol. The lowest BCUT2D eigenvalue weighted by molar-refractivity contribution is -0.234. The molecule has 0 amide bonds. The van der Waals surface area contributed by atoms with Gasteiger partial charge in [0, 0.05) is 34.9 Å². The second-order valence-corrected chi connectivity index (χ2v) is 13.0. The van der Waals surface area contributed by atoms with Gasteiger partial charge in [-0.25, -0.2) is 0 Å². The first-order valence-corrected chi connectivity index (χ1v) is 15.7. The van der Waals surface area contributed by atoms with E-state index in [1.54, 1.807) is 35.5 Å². The van der Waals surface area contributed by atoms with Gasteiger partial charge in [-0.05, 0) is 49.1 Å². The Morgan fingerprint density at radius 3 is 1.69 bits per heavy atom. The van der Waals surface area contributed by atoms with Crippen molar-refractivity contribution in [3.05, 3.63) is 45.7 Å². The number of hydrogen-bond donors (Lipinski definition) is 0. The molecule has 0 N–H and O–H groups in total. The third kappa shape index (κ3) is 4.64. The maximum absolute atomic E-state index is 14.9. The van der Waals surface area contributed by atoms with Crippen molar-refractivity contribution in [3.63, 3.8) is 0 Å². The van der Waals surface area contributed by atoms with Gasteiger partial charge in [0.25, 0.3) is 0 Å². The van der Waals surface area contributed by atoms with Crippen molar-refractivity contribution in [2.24, 2.45) is 11.8 Å². The number of carbonyl (C=O) groups excluding carboxylic acids is 1. The van der Waals surface area contributed by atoms with E-state index in [0.29, 0.717) is 53.6 Å². The van der Waals surface area contributed by atoms with Gasteiger partial charge in [-0.1, -0.05) is 41.5 Å². The predicted molar refractivity (Wildman–Crippen MR) is 170 cm³/mol. The zero-order valence-electron chi connectivity index (χ0n) is 28.8. The van der Waals surface area contributed by atoms with Gasteiger partial charge in [0.1, 0.15) is 11.5 Å². The van der Waals surface area contributed by atoms with Crippen LogP contribution in [0.4, 0.5) is 0 Å². The summed E-state index contributed by atoms with van der Waals surface area (Å²) in [6, 6.07) is 3.99. The van der Waals surface area contributed by atoms with E-state index < -0.39 is 17.3 Å². The van der Waals surface area contributed by atoms with Crippen LogP contribution < -0.4 is 28.4 Å². The number of benzene rings is 2. The van der Waals surface area contributed by atoms with E-state index in [2.05, 4.69) is 27.7 Å². The van der Waals surface area contributed by atoms with Gasteiger partial charge in [0.05, 0.1) is 41.5 Å². The fourth-order valence-electron chi connectivity index (χ4n) is 7.80. The Kier molecular flexibility index (Phi) is 8.72. The van der Waals surface area contributed by atoms with Crippen LogP contribution >= 0.6 is 0 Å². The standard InChI is InChI=1S/C36H48O9/c1-18(2)26-23(38-7)15-21-13-14-35(44-29(21)31(26)40-9)25-17-22-16-24(39-8)27(19(3)4)32(41-10)30(22)45-36(25,43-12)28(20(5)6)33(42-11)34(35)37/h15-16,18-20,25H,13-14,17H2,1-12H3. The van der Waals surface area contributed by atoms with Gasteiger partial charge in [-0.3, -0.25) is 4.79 Å². The summed E-state index contributed by atoms with van der Waals surface area (Å²) >= 11 is 0. The largest absolute Gasteiger partial charge is 0.496 e. The molecule has 0 saturated carbocycles. The number of methoxy groups -OCH3 is 6. The fraction of sp³-hybridized carbons (Fsp3) is 0.583. The summed E-state index contributed by atoms with van der Waals surface area (Å²) in [4.78, 5) is 14.9. The average Bonchev–Trinajstić information content (AvgIpc) is 3.03. The van der Waals surface area contributed by atoms with Gasteiger partial charge in [0.2, 0.25) is 11.6 Å². The van der Waals surface area contributed by atoms with Crippen molar-refractivity contribution >= 4 is 5.78 Å². The molecular formula is C36H48O9. The molecule has 0 aromatic heterocycles. The van der Waals surface area contributed by atoms with Gasteiger partial charge >= 0.3 is 0 Å². The van der Waals surface area contributed by atoms with Crippen molar-refractivity contribution < 1.29 is 42.7 Å². The molecule has 45 heavy (non-hydrogen) atoms. The summed E-state index contributed by atoms with van der Waals surface area (Å²) in [5.74, 6) is 1.68. The molecule has 0 fully saturated rings. The third-order valence-corrected chi connectivity index (χ3v) is 9.67. The second-order valence-electron chi connectivity index (χ2n) is 13.0. The van der Waals surface area contributed by atoms with E-state index in [1.165, 1.54) is 7.11 Å². The Balaban J connectivity index is 1.83. The SMILES string of the molecule is COC1=C(C(C)C)C2(OC)Oc3c(cc(OC)c(C(C)C)c3OC)CC2C2(CCc3cc(OC)c(C(C)C)c(OC)c3O2)C1=O. The van der Waals surface area contributed by atoms with Crippen LogP contribution in [0.5, 0.6) is 34.5 Å². The van der Waals surface area contributed by atoms with Crippen molar-refractivity contribution in [3.8, 4) is 34.5 Å². The zero-order chi connectivity index (χ0) is 33.0. The first-order valence-electron chi connectivity index (χ1n) is 15.7. The predicted octanol–water partition coefficient (Wildman–Crippen LogP) is 6.76. The molecule has 9 nitrogen and oxygen atoms in total. The van der Waals surface area contributed by atoms with Crippen LogP contribution in [0.2, 0.25) is 0 Å². The molecule has 2 aliphatic heterocycles. The van der Waals surface area contributed by atoms with Crippen molar-refractivity contribution in [2.75, 3.05) is 42.7 Å². The van der Waals surface area contributed by atoms with E-state index in [0.717, 1.165) is 28.0 Å². The Labute approximate surface area is 267 Å². The van der Waals surface area contributed by atoms with Gasteiger partial charge in [-0.2, -0.15) is 0 Å². The molecule has 0 radical (unpaired) electrons. The molecule has 0 bridgehead atoms. The molecule has 2 aromatic rings. The summed E-state index contributed by atoms with van der Waals surface area (Å²) in [5, 5.41) is 0. The second kappa shape index (κ2) is 12.0. The van der Waals surface area contributed by atoms with E-state index in [1.807, 2.05) is 26.0 Å². The number of fused-ring (bicyclic) bond motifs is 4. The summed E-state index contributed by atoms with van der Waals surface area (Å²) in [7, 11) is 9.70. The van der Waals surface area contributed by atoms with Crippen LogP contribution in [-0.2, 0) is 27.1 Å². The highest BCUT2D eigenvalue weighted by Crippen LogP contribution is 2.60. The summed E-state index contributed by atoms with van der Waals surface area (Å²) in [6.07, 6.45) is 1.32. The Hall–Kier alpha value is -3.59. The van der Waals surface area contributed by atoms with Crippen molar-refractivity contribution in [2.45, 2.75) is 84.0 Å². The highest BCUT2D eigenvalue weighted by Gasteiger charge is 2.69. The van der Waals surface area contributed by atoms with Crippen LogP contribution in [0, 0.1) is 11.8 Å². The lowest BCUT2D eigenvalue weighted by Crippen LogP contribution is -2.69. The van der Waals surface area contributed by atoms with Crippen molar-refractivity contribution in [1.82, 2.24) is 0 Å². The number of carbonyl (C=O) groups is 1. The minimum atomic E-state index is -1.39. The van der Waals surface area contributed by atoms with Gasteiger partial charge < -0.3 is 37.9 Å². The van der Waals surface area contributed by atoms with Crippen LogP contribution in [0.15, 0.2) is 23.5 Å². The highest BCUT2D eigenvalue weighted by atomic mass is 16.7. The molecule has 246 valence electrons. The van der Waals surface area contributed by atoms with Gasteiger partial charge in [0.15, 0.2) is 34.4 Å². The maximum Gasteiger partial charge on any atom is 0.245 e. The molecule has 2 heterocycles. The molecule has 9 heteroatoms. The number of ketones is 1. The van der Waals surface area contributed by atoms with E-state index >= 15 is 0 Å². The molecule has 3 atom stereocenters. The van der Waals surface area contributed by atoms with Crippen LogP contribution in [0.3, 0.4) is 0 Å². The summed E-state index contributed by atoms with van der Waals surface area (Å²) < 4.78 is 50.3. The van der Waals surface area contributed by atoms with E-state index in [9.17, 15) is 4.79 Å².